The minimum absolute atomic E-state index is 0.153. The van der Waals surface area contributed by atoms with Crippen LogP contribution in [0.2, 0.25) is 5.02 Å². The summed E-state index contributed by atoms with van der Waals surface area (Å²) in [6.07, 6.45) is 2.87. The van der Waals surface area contributed by atoms with Gasteiger partial charge in [0, 0.05) is 29.9 Å². The molecule has 0 saturated carbocycles. The lowest BCUT2D eigenvalue weighted by atomic mass is 10.1. The lowest BCUT2D eigenvalue weighted by Gasteiger charge is -2.26. The lowest BCUT2D eigenvalue weighted by Crippen LogP contribution is -2.40. The Balaban J connectivity index is 1.76. The number of amides is 1. The molecule has 0 bridgehead atoms. The molecule has 0 radical (unpaired) electrons. The zero-order chi connectivity index (χ0) is 21.0. The summed E-state index contributed by atoms with van der Waals surface area (Å²) in [6.45, 7) is 2.69. The van der Waals surface area contributed by atoms with E-state index < -0.39 is 26.6 Å². The van der Waals surface area contributed by atoms with Crippen molar-refractivity contribution in [2.45, 2.75) is 11.8 Å². The first-order chi connectivity index (χ1) is 13.8. The van der Waals surface area contributed by atoms with Crippen molar-refractivity contribution in [2.75, 3.05) is 31.6 Å². The van der Waals surface area contributed by atoms with Gasteiger partial charge in [-0.05, 0) is 48.4 Å². The molecule has 29 heavy (non-hydrogen) atoms. The molecular weight excluding hydrogens is 419 g/mol. The van der Waals surface area contributed by atoms with Crippen molar-refractivity contribution in [1.82, 2.24) is 4.31 Å². The maximum Gasteiger partial charge on any atom is 0.248 e. The van der Waals surface area contributed by atoms with Gasteiger partial charge in [-0.1, -0.05) is 23.7 Å². The number of nitrogens with one attached hydrogen (secondary N) is 1. The van der Waals surface area contributed by atoms with Crippen LogP contribution in [-0.2, 0) is 19.6 Å². The van der Waals surface area contributed by atoms with E-state index in [0.29, 0.717) is 5.02 Å². The molecule has 1 N–H and O–H groups in total. The second kappa shape index (κ2) is 9.04. The highest BCUT2D eigenvalue weighted by Gasteiger charge is 2.29. The first kappa shape index (κ1) is 21.4. The first-order valence-electron chi connectivity index (χ1n) is 8.90. The number of benzene rings is 2. The van der Waals surface area contributed by atoms with Crippen molar-refractivity contribution in [3.63, 3.8) is 0 Å². The minimum Gasteiger partial charge on any atom is -0.379 e. The number of carbonyl (C=O) groups excluding carboxylic acids is 1. The summed E-state index contributed by atoms with van der Waals surface area (Å²) in [5.41, 5.74) is 1.84. The van der Waals surface area contributed by atoms with Crippen LogP contribution >= 0.6 is 11.6 Å². The van der Waals surface area contributed by atoms with E-state index >= 15 is 0 Å². The van der Waals surface area contributed by atoms with E-state index in [2.05, 4.69) is 5.32 Å². The van der Waals surface area contributed by atoms with E-state index in [4.69, 9.17) is 16.3 Å². The highest BCUT2D eigenvalue weighted by Crippen LogP contribution is 2.24. The fraction of sp³-hybridized carbons (Fsp3) is 0.250. The van der Waals surface area contributed by atoms with E-state index in [1.807, 2.05) is 19.1 Å². The van der Waals surface area contributed by atoms with E-state index in [1.54, 1.807) is 12.1 Å². The van der Waals surface area contributed by atoms with Gasteiger partial charge in [0.15, 0.2) is 0 Å². The normalized spacial score (nSPS) is 15.6. The molecule has 1 aliphatic rings. The Kier molecular flexibility index (Phi) is 6.69. The van der Waals surface area contributed by atoms with E-state index in [-0.39, 0.29) is 32.0 Å². The average molecular weight is 439 g/mol. The van der Waals surface area contributed by atoms with Crippen LogP contribution in [0.5, 0.6) is 0 Å². The molecule has 1 amide bonds. The highest BCUT2D eigenvalue weighted by atomic mass is 35.5. The Hall–Kier alpha value is -2.26. The van der Waals surface area contributed by atoms with Gasteiger partial charge < -0.3 is 10.1 Å². The van der Waals surface area contributed by atoms with Crippen LogP contribution in [0, 0.1) is 12.7 Å². The average Bonchev–Trinajstić information content (AvgIpc) is 2.71. The van der Waals surface area contributed by atoms with Crippen LogP contribution in [0.15, 0.2) is 47.4 Å². The summed E-state index contributed by atoms with van der Waals surface area (Å²) in [7, 11) is -4.02. The number of nitrogens with zero attached hydrogens (tertiary/aromatic N) is 1. The van der Waals surface area contributed by atoms with Gasteiger partial charge in [0.25, 0.3) is 0 Å². The number of carbonyl (C=O) groups is 1. The number of anilines is 1. The fourth-order valence-corrected chi connectivity index (χ4v) is 4.46. The number of rotatable bonds is 5. The summed E-state index contributed by atoms with van der Waals surface area (Å²) in [5, 5.41) is 3.13. The molecule has 6 nitrogen and oxygen atoms in total. The molecule has 1 fully saturated rings. The van der Waals surface area contributed by atoms with E-state index in [9.17, 15) is 17.6 Å². The van der Waals surface area contributed by atoms with Crippen LogP contribution in [0.3, 0.4) is 0 Å². The Bertz CT molecular complexity index is 1050. The molecule has 0 aliphatic carbocycles. The third kappa shape index (κ3) is 5.22. The quantitative estimate of drug-likeness (QED) is 0.725. The van der Waals surface area contributed by atoms with Crippen molar-refractivity contribution >= 4 is 39.3 Å². The first-order valence-corrected chi connectivity index (χ1v) is 10.7. The standard InChI is InChI=1S/C20H20ClFN2O4S/c1-14-2-3-15(12-17(14)21)4-7-20(25)23-16-5-6-18(22)19(13-16)29(26,27)24-8-10-28-11-9-24/h2-7,12-13H,8-11H2,1H3,(H,23,25). The molecule has 0 unspecified atom stereocenters. The van der Waals surface area contributed by atoms with Crippen molar-refractivity contribution in [1.29, 1.82) is 0 Å². The molecule has 2 aromatic carbocycles. The third-order valence-corrected chi connectivity index (χ3v) is 6.73. The molecule has 3 rings (SSSR count). The second-order valence-corrected chi connectivity index (χ2v) is 8.81. The van der Waals surface area contributed by atoms with Crippen LogP contribution in [0.1, 0.15) is 11.1 Å². The van der Waals surface area contributed by atoms with Gasteiger partial charge in [-0.3, -0.25) is 4.79 Å². The number of hydrogen-bond acceptors (Lipinski definition) is 4. The maximum absolute atomic E-state index is 14.2. The Labute approximate surface area is 174 Å². The van der Waals surface area contributed by atoms with Gasteiger partial charge in [0.2, 0.25) is 15.9 Å². The van der Waals surface area contributed by atoms with Gasteiger partial charge in [-0.2, -0.15) is 4.31 Å². The fourth-order valence-electron chi connectivity index (χ4n) is 2.77. The molecule has 1 heterocycles. The van der Waals surface area contributed by atoms with Crippen molar-refractivity contribution < 1.29 is 22.3 Å². The van der Waals surface area contributed by atoms with Crippen LogP contribution in [-0.4, -0.2) is 44.9 Å². The molecule has 154 valence electrons. The molecule has 1 saturated heterocycles. The predicted molar refractivity (Wildman–Crippen MR) is 110 cm³/mol. The topological polar surface area (TPSA) is 75.7 Å². The largest absolute Gasteiger partial charge is 0.379 e. The van der Waals surface area contributed by atoms with Crippen molar-refractivity contribution in [2.24, 2.45) is 0 Å². The second-order valence-electron chi connectivity index (χ2n) is 6.49. The Morgan fingerprint density at radius 2 is 1.93 bits per heavy atom. The van der Waals surface area contributed by atoms with Gasteiger partial charge in [0.05, 0.1) is 13.2 Å². The van der Waals surface area contributed by atoms with Gasteiger partial charge in [-0.15, -0.1) is 0 Å². The number of hydrogen-bond donors (Lipinski definition) is 1. The number of sulfonamides is 1. The number of morpholine rings is 1. The number of ether oxygens (including phenoxy) is 1. The highest BCUT2D eigenvalue weighted by molar-refractivity contribution is 7.89. The Morgan fingerprint density at radius 3 is 2.62 bits per heavy atom. The zero-order valence-corrected chi connectivity index (χ0v) is 17.3. The summed E-state index contributed by atoms with van der Waals surface area (Å²) in [4.78, 5) is 11.7. The summed E-state index contributed by atoms with van der Waals surface area (Å²) >= 11 is 6.06. The maximum atomic E-state index is 14.2. The molecule has 1 aliphatic heterocycles. The number of halogens is 2. The molecule has 0 spiro atoms. The van der Waals surface area contributed by atoms with E-state index in [1.165, 1.54) is 16.4 Å². The van der Waals surface area contributed by atoms with Crippen molar-refractivity contribution in [3.05, 3.63) is 64.4 Å². The third-order valence-electron chi connectivity index (χ3n) is 4.41. The monoisotopic (exact) mass is 438 g/mol. The molecule has 2 aromatic rings. The predicted octanol–water partition coefficient (Wildman–Crippen LogP) is 3.46. The zero-order valence-electron chi connectivity index (χ0n) is 15.7. The summed E-state index contributed by atoms with van der Waals surface area (Å²) in [5.74, 6) is -1.36. The summed E-state index contributed by atoms with van der Waals surface area (Å²) < 4.78 is 45.9. The van der Waals surface area contributed by atoms with Crippen LogP contribution in [0.4, 0.5) is 10.1 Å². The molecule has 0 aromatic heterocycles. The van der Waals surface area contributed by atoms with Crippen LogP contribution in [0.25, 0.3) is 6.08 Å². The Morgan fingerprint density at radius 1 is 1.21 bits per heavy atom. The minimum atomic E-state index is -4.02. The number of aryl methyl sites for hydroxylation is 1. The smallest absolute Gasteiger partial charge is 0.248 e. The van der Waals surface area contributed by atoms with Gasteiger partial charge in [-0.25, -0.2) is 12.8 Å². The van der Waals surface area contributed by atoms with Crippen molar-refractivity contribution in [3.8, 4) is 0 Å². The SMILES string of the molecule is Cc1ccc(C=CC(=O)Nc2ccc(F)c(S(=O)(=O)N3CCOCC3)c2)cc1Cl. The molecule has 0 atom stereocenters. The van der Waals surface area contributed by atoms with E-state index in [0.717, 1.165) is 23.3 Å². The van der Waals surface area contributed by atoms with Gasteiger partial charge in [0.1, 0.15) is 10.7 Å². The van der Waals surface area contributed by atoms with Gasteiger partial charge >= 0.3 is 0 Å². The lowest BCUT2D eigenvalue weighted by molar-refractivity contribution is -0.111. The van der Waals surface area contributed by atoms with Crippen LogP contribution < -0.4 is 5.32 Å². The summed E-state index contributed by atoms with van der Waals surface area (Å²) in [6, 6.07) is 8.83. The molecule has 9 heteroatoms. The molecular formula is C20H20ClFN2O4S.